The van der Waals surface area contributed by atoms with Crippen molar-refractivity contribution in [2.75, 3.05) is 18.1 Å². The van der Waals surface area contributed by atoms with Crippen molar-refractivity contribution < 1.29 is 9.84 Å². The summed E-state index contributed by atoms with van der Waals surface area (Å²) in [4.78, 5) is 0. The second-order valence-corrected chi connectivity index (χ2v) is 7.52. The molecule has 3 heteroatoms. The van der Waals surface area contributed by atoms with Crippen LogP contribution in [0.4, 0.5) is 0 Å². The molecule has 2 aliphatic rings. The molecule has 2 saturated heterocycles. The molecule has 0 radical (unpaired) electrons. The van der Waals surface area contributed by atoms with Gasteiger partial charge in [0.1, 0.15) is 0 Å². The van der Waals surface area contributed by atoms with Crippen LogP contribution in [0, 0.1) is 11.8 Å². The molecule has 0 aliphatic carbocycles. The Hall–Kier alpha value is 0.270. The lowest BCUT2D eigenvalue weighted by atomic mass is 9.76. The fourth-order valence-electron chi connectivity index (χ4n) is 3.83. The van der Waals surface area contributed by atoms with Gasteiger partial charge in [0.2, 0.25) is 0 Å². The molecule has 3 unspecified atom stereocenters. The van der Waals surface area contributed by atoms with Crippen LogP contribution in [0.3, 0.4) is 0 Å². The lowest BCUT2D eigenvalue weighted by Crippen LogP contribution is -2.44. The average molecular weight is 286 g/mol. The van der Waals surface area contributed by atoms with Crippen molar-refractivity contribution in [2.45, 2.75) is 70.5 Å². The standard InChI is InChI=1S/C16H30O2S/c1-3-5-13(6-4-2)15(17)14-7-9-18-16(11-14)8-10-19-12-16/h13-15,17H,3-12H2,1-2H3. The van der Waals surface area contributed by atoms with Crippen LogP contribution in [0.2, 0.25) is 0 Å². The number of hydrogen-bond acceptors (Lipinski definition) is 3. The predicted molar refractivity (Wildman–Crippen MR) is 82.7 cm³/mol. The first kappa shape index (κ1) is 15.7. The van der Waals surface area contributed by atoms with E-state index >= 15 is 0 Å². The molecular formula is C16H30O2S. The van der Waals surface area contributed by atoms with Gasteiger partial charge in [0.25, 0.3) is 0 Å². The van der Waals surface area contributed by atoms with Gasteiger partial charge < -0.3 is 9.84 Å². The number of thioether (sulfide) groups is 1. The summed E-state index contributed by atoms with van der Waals surface area (Å²) >= 11 is 2.02. The molecule has 0 aromatic carbocycles. The number of ether oxygens (including phenoxy) is 1. The Morgan fingerprint density at radius 1 is 1.32 bits per heavy atom. The van der Waals surface area contributed by atoms with Crippen molar-refractivity contribution in [3.8, 4) is 0 Å². The molecule has 3 atom stereocenters. The van der Waals surface area contributed by atoms with Gasteiger partial charge in [0, 0.05) is 12.4 Å². The zero-order valence-electron chi connectivity index (χ0n) is 12.6. The van der Waals surface area contributed by atoms with Gasteiger partial charge in [-0.15, -0.1) is 0 Å². The van der Waals surface area contributed by atoms with E-state index in [0.717, 1.165) is 25.2 Å². The van der Waals surface area contributed by atoms with Crippen molar-refractivity contribution >= 4 is 11.8 Å². The molecule has 1 N–H and O–H groups in total. The van der Waals surface area contributed by atoms with E-state index in [1.54, 1.807) is 0 Å². The van der Waals surface area contributed by atoms with Gasteiger partial charge in [0.15, 0.2) is 0 Å². The SMILES string of the molecule is CCCC(CCC)C(O)C1CCOC2(CCSC2)C1. The first-order chi connectivity index (χ1) is 9.21. The summed E-state index contributed by atoms with van der Waals surface area (Å²) in [7, 11) is 0. The van der Waals surface area contributed by atoms with Crippen molar-refractivity contribution in [1.29, 1.82) is 0 Å². The molecule has 0 saturated carbocycles. The van der Waals surface area contributed by atoms with Gasteiger partial charge in [-0.25, -0.2) is 0 Å². The highest BCUT2D eigenvalue weighted by Gasteiger charge is 2.43. The average Bonchev–Trinajstić information content (AvgIpc) is 2.86. The van der Waals surface area contributed by atoms with Gasteiger partial charge >= 0.3 is 0 Å². The second kappa shape index (κ2) is 7.33. The third-order valence-electron chi connectivity index (χ3n) is 4.88. The summed E-state index contributed by atoms with van der Waals surface area (Å²) < 4.78 is 6.07. The van der Waals surface area contributed by atoms with Crippen LogP contribution in [0.25, 0.3) is 0 Å². The summed E-state index contributed by atoms with van der Waals surface area (Å²) in [6.07, 6.45) is 7.95. The molecule has 2 aliphatic heterocycles. The Morgan fingerprint density at radius 2 is 2.05 bits per heavy atom. The summed E-state index contributed by atoms with van der Waals surface area (Å²) in [6, 6.07) is 0. The molecule has 2 fully saturated rings. The van der Waals surface area contributed by atoms with E-state index in [1.165, 1.54) is 37.9 Å². The monoisotopic (exact) mass is 286 g/mol. The maximum Gasteiger partial charge on any atom is 0.0783 e. The Labute approximate surface area is 122 Å². The smallest absolute Gasteiger partial charge is 0.0783 e. The molecule has 112 valence electrons. The molecular weight excluding hydrogens is 256 g/mol. The molecule has 0 amide bonds. The lowest BCUT2D eigenvalue weighted by molar-refractivity contribution is -0.110. The van der Waals surface area contributed by atoms with Crippen molar-refractivity contribution in [3.63, 3.8) is 0 Å². The summed E-state index contributed by atoms with van der Waals surface area (Å²) in [5.41, 5.74) is 0.109. The van der Waals surface area contributed by atoms with Gasteiger partial charge in [-0.1, -0.05) is 26.7 Å². The number of hydrogen-bond donors (Lipinski definition) is 1. The second-order valence-electron chi connectivity index (χ2n) is 6.41. The Morgan fingerprint density at radius 3 is 2.63 bits per heavy atom. The minimum atomic E-state index is -0.105. The van der Waals surface area contributed by atoms with Crippen LogP contribution in [-0.2, 0) is 4.74 Å². The van der Waals surface area contributed by atoms with E-state index in [0.29, 0.717) is 11.8 Å². The minimum Gasteiger partial charge on any atom is -0.393 e. The summed E-state index contributed by atoms with van der Waals surface area (Å²) in [5.74, 6) is 3.35. The Bertz CT molecular complexity index is 257. The predicted octanol–water partition coefficient (Wildman–Crippen LogP) is 3.87. The zero-order chi connectivity index (χ0) is 13.7. The number of aliphatic hydroxyl groups is 1. The van der Waals surface area contributed by atoms with E-state index in [9.17, 15) is 5.11 Å². The zero-order valence-corrected chi connectivity index (χ0v) is 13.4. The molecule has 0 aromatic heterocycles. The fourth-order valence-corrected chi connectivity index (χ4v) is 5.21. The third-order valence-corrected chi connectivity index (χ3v) is 6.11. The Balaban J connectivity index is 1.94. The van der Waals surface area contributed by atoms with Gasteiger partial charge in [-0.2, -0.15) is 11.8 Å². The number of rotatable bonds is 6. The molecule has 19 heavy (non-hydrogen) atoms. The highest BCUT2D eigenvalue weighted by Crippen LogP contribution is 2.42. The van der Waals surface area contributed by atoms with Crippen LogP contribution in [0.1, 0.15) is 58.8 Å². The van der Waals surface area contributed by atoms with Crippen molar-refractivity contribution in [3.05, 3.63) is 0 Å². The minimum absolute atomic E-state index is 0.105. The highest BCUT2D eigenvalue weighted by molar-refractivity contribution is 7.99. The van der Waals surface area contributed by atoms with Crippen LogP contribution < -0.4 is 0 Å². The van der Waals surface area contributed by atoms with Gasteiger partial charge in [0.05, 0.1) is 11.7 Å². The first-order valence-electron chi connectivity index (χ1n) is 8.10. The van der Waals surface area contributed by atoms with E-state index in [4.69, 9.17) is 4.74 Å². The highest BCUT2D eigenvalue weighted by atomic mass is 32.2. The number of aliphatic hydroxyl groups excluding tert-OH is 1. The first-order valence-corrected chi connectivity index (χ1v) is 9.26. The summed E-state index contributed by atoms with van der Waals surface area (Å²) in [5, 5.41) is 10.8. The molecule has 0 aromatic rings. The largest absolute Gasteiger partial charge is 0.393 e. The third kappa shape index (κ3) is 3.89. The maximum absolute atomic E-state index is 10.8. The van der Waals surface area contributed by atoms with Crippen LogP contribution >= 0.6 is 11.8 Å². The maximum atomic E-state index is 10.8. The molecule has 1 spiro atoms. The van der Waals surface area contributed by atoms with Crippen LogP contribution in [-0.4, -0.2) is 34.9 Å². The Kier molecular flexibility index (Phi) is 6.04. The lowest BCUT2D eigenvalue weighted by Gasteiger charge is -2.41. The topological polar surface area (TPSA) is 29.5 Å². The van der Waals surface area contributed by atoms with E-state index in [-0.39, 0.29) is 11.7 Å². The van der Waals surface area contributed by atoms with Crippen LogP contribution in [0.5, 0.6) is 0 Å². The fraction of sp³-hybridized carbons (Fsp3) is 1.00. The molecule has 2 rings (SSSR count). The van der Waals surface area contributed by atoms with E-state index < -0.39 is 0 Å². The van der Waals surface area contributed by atoms with Gasteiger partial charge in [-0.3, -0.25) is 0 Å². The molecule has 2 heterocycles. The van der Waals surface area contributed by atoms with E-state index in [1.807, 2.05) is 11.8 Å². The molecule has 0 bridgehead atoms. The normalized spacial score (nSPS) is 33.2. The quantitative estimate of drug-likeness (QED) is 0.804. The van der Waals surface area contributed by atoms with E-state index in [2.05, 4.69) is 13.8 Å². The van der Waals surface area contributed by atoms with Crippen molar-refractivity contribution in [2.24, 2.45) is 11.8 Å². The van der Waals surface area contributed by atoms with Gasteiger partial charge in [-0.05, 0) is 49.7 Å². The summed E-state index contributed by atoms with van der Waals surface area (Å²) in [6.45, 7) is 5.32. The molecule has 2 nitrogen and oxygen atoms in total. The van der Waals surface area contributed by atoms with Crippen molar-refractivity contribution in [1.82, 2.24) is 0 Å². The van der Waals surface area contributed by atoms with Crippen LogP contribution in [0.15, 0.2) is 0 Å².